The number of nitrogens with two attached hydrogens (primary N) is 1. The van der Waals surface area contributed by atoms with Gasteiger partial charge in [-0.15, -0.1) is 0 Å². The molecule has 8 heteroatoms. The number of aryl methyl sites for hydroxylation is 1. The summed E-state index contributed by atoms with van der Waals surface area (Å²) < 4.78 is 7.66. The summed E-state index contributed by atoms with van der Waals surface area (Å²) in [5.41, 5.74) is 8.23. The number of rotatable bonds is 6. The van der Waals surface area contributed by atoms with Crippen molar-refractivity contribution in [2.45, 2.75) is 37.8 Å². The molecule has 31 heavy (non-hydrogen) atoms. The van der Waals surface area contributed by atoms with Gasteiger partial charge in [-0.1, -0.05) is 12.1 Å². The summed E-state index contributed by atoms with van der Waals surface area (Å²) in [4.78, 5) is 28.4. The van der Waals surface area contributed by atoms with Crippen molar-refractivity contribution in [3.8, 4) is 17.0 Å². The molecule has 2 aromatic heterocycles. The van der Waals surface area contributed by atoms with Crippen LogP contribution in [0.1, 0.15) is 46.4 Å². The Hall–Kier alpha value is -3.68. The monoisotopic (exact) mass is 419 g/mol. The second kappa shape index (κ2) is 8.99. The molecule has 160 valence electrons. The second-order valence-corrected chi connectivity index (χ2v) is 7.77. The lowest BCUT2D eigenvalue weighted by molar-refractivity contribution is 0.0881. The van der Waals surface area contributed by atoms with Crippen LogP contribution in [0.4, 0.5) is 0 Å². The molecule has 0 atom stereocenters. The molecular weight excluding hydrogens is 394 g/mol. The highest BCUT2D eigenvalue weighted by atomic mass is 16.5. The van der Waals surface area contributed by atoms with Gasteiger partial charge in [-0.25, -0.2) is 4.98 Å². The van der Waals surface area contributed by atoms with E-state index in [-0.39, 0.29) is 29.5 Å². The zero-order valence-corrected chi connectivity index (χ0v) is 17.3. The maximum absolute atomic E-state index is 12.8. The van der Waals surface area contributed by atoms with Crippen molar-refractivity contribution in [1.82, 2.24) is 20.1 Å². The molecule has 1 aromatic carbocycles. The molecule has 3 N–H and O–H groups in total. The highest BCUT2D eigenvalue weighted by Gasteiger charge is 2.25. The molecule has 2 heterocycles. The molecule has 8 nitrogen and oxygen atoms in total. The first kappa shape index (κ1) is 20.6. The lowest BCUT2D eigenvalue weighted by atomic mass is 9.92. The first-order chi connectivity index (χ1) is 15.0. The Bertz CT molecular complexity index is 1090. The van der Waals surface area contributed by atoms with Gasteiger partial charge in [0.1, 0.15) is 11.7 Å². The van der Waals surface area contributed by atoms with Crippen LogP contribution in [-0.4, -0.2) is 38.7 Å². The minimum atomic E-state index is -0.558. The van der Waals surface area contributed by atoms with E-state index in [0.717, 1.165) is 36.8 Å². The minimum Gasteiger partial charge on any atom is -0.474 e. The second-order valence-electron chi connectivity index (χ2n) is 7.77. The van der Waals surface area contributed by atoms with Crippen LogP contribution in [-0.2, 0) is 7.05 Å². The molecule has 1 fully saturated rings. The quantitative estimate of drug-likeness (QED) is 0.638. The van der Waals surface area contributed by atoms with Gasteiger partial charge in [-0.05, 0) is 55.5 Å². The molecule has 0 saturated heterocycles. The van der Waals surface area contributed by atoms with Crippen molar-refractivity contribution < 1.29 is 14.3 Å². The van der Waals surface area contributed by atoms with E-state index in [0.29, 0.717) is 5.56 Å². The van der Waals surface area contributed by atoms with Crippen LogP contribution in [0.25, 0.3) is 11.1 Å². The summed E-state index contributed by atoms with van der Waals surface area (Å²) >= 11 is 0. The number of primary amides is 1. The van der Waals surface area contributed by atoms with Crippen LogP contribution in [0, 0.1) is 0 Å². The zero-order valence-electron chi connectivity index (χ0n) is 17.3. The number of nitrogens with zero attached hydrogens (tertiary/aromatic N) is 3. The van der Waals surface area contributed by atoms with Gasteiger partial charge in [0.05, 0.1) is 6.20 Å². The van der Waals surface area contributed by atoms with E-state index in [2.05, 4.69) is 15.4 Å². The summed E-state index contributed by atoms with van der Waals surface area (Å²) in [6.07, 6.45) is 8.31. The van der Waals surface area contributed by atoms with Crippen molar-refractivity contribution >= 4 is 11.8 Å². The largest absolute Gasteiger partial charge is 0.474 e. The number of pyridine rings is 1. The zero-order chi connectivity index (χ0) is 21.8. The SMILES string of the molecule is Cn1cc(-c2cccc(C(=O)NC3CCC(Oc4ncccc4C(N)=O)CC3)c2)cn1. The topological polar surface area (TPSA) is 112 Å². The predicted molar refractivity (Wildman–Crippen MR) is 116 cm³/mol. The average molecular weight is 419 g/mol. The van der Waals surface area contributed by atoms with Gasteiger partial charge in [-0.2, -0.15) is 5.10 Å². The summed E-state index contributed by atoms with van der Waals surface area (Å²) in [6, 6.07) is 10.9. The molecule has 4 rings (SSSR count). The number of hydrogen-bond donors (Lipinski definition) is 2. The van der Waals surface area contributed by atoms with Gasteiger partial charge in [0.2, 0.25) is 5.88 Å². The van der Waals surface area contributed by atoms with Gasteiger partial charge >= 0.3 is 0 Å². The van der Waals surface area contributed by atoms with Crippen LogP contribution < -0.4 is 15.8 Å². The summed E-state index contributed by atoms with van der Waals surface area (Å²) in [5.74, 6) is -0.372. The first-order valence-corrected chi connectivity index (χ1v) is 10.3. The van der Waals surface area contributed by atoms with Crippen molar-refractivity contribution in [2.75, 3.05) is 0 Å². The molecule has 1 saturated carbocycles. The fraction of sp³-hybridized carbons (Fsp3) is 0.304. The molecule has 2 amide bonds. The number of amides is 2. The Morgan fingerprint density at radius 2 is 1.94 bits per heavy atom. The molecule has 0 unspecified atom stereocenters. The van der Waals surface area contributed by atoms with E-state index in [4.69, 9.17) is 10.5 Å². The number of benzene rings is 1. The van der Waals surface area contributed by atoms with Crippen molar-refractivity contribution in [1.29, 1.82) is 0 Å². The first-order valence-electron chi connectivity index (χ1n) is 10.3. The smallest absolute Gasteiger partial charge is 0.254 e. The highest BCUT2D eigenvalue weighted by Crippen LogP contribution is 2.25. The molecular formula is C23H25N5O3. The Labute approximate surface area is 180 Å². The van der Waals surface area contributed by atoms with E-state index < -0.39 is 5.91 Å². The third kappa shape index (κ3) is 4.91. The molecule has 0 spiro atoms. The number of carbonyl (C=O) groups is 2. The predicted octanol–water partition coefficient (Wildman–Crippen LogP) is 2.70. The maximum atomic E-state index is 12.8. The number of hydrogen-bond acceptors (Lipinski definition) is 5. The van der Waals surface area contributed by atoms with E-state index in [9.17, 15) is 9.59 Å². The lowest BCUT2D eigenvalue weighted by Gasteiger charge is -2.29. The average Bonchev–Trinajstić information content (AvgIpc) is 3.22. The van der Waals surface area contributed by atoms with Gasteiger partial charge < -0.3 is 15.8 Å². The van der Waals surface area contributed by atoms with E-state index in [1.54, 1.807) is 29.2 Å². The third-order valence-corrected chi connectivity index (χ3v) is 5.49. The van der Waals surface area contributed by atoms with E-state index in [1.165, 1.54) is 0 Å². The molecule has 0 bridgehead atoms. The Morgan fingerprint density at radius 1 is 1.13 bits per heavy atom. The van der Waals surface area contributed by atoms with E-state index >= 15 is 0 Å². The fourth-order valence-corrected chi connectivity index (χ4v) is 3.83. The third-order valence-electron chi connectivity index (χ3n) is 5.49. The number of aromatic nitrogens is 3. The van der Waals surface area contributed by atoms with Crippen LogP contribution in [0.2, 0.25) is 0 Å². The van der Waals surface area contributed by atoms with Crippen LogP contribution in [0.3, 0.4) is 0 Å². The number of carbonyl (C=O) groups excluding carboxylic acids is 2. The summed E-state index contributed by atoms with van der Waals surface area (Å²) in [5, 5.41) is 7.32. The number of nitrogens with one attached hydrogen (secondary N) is 1. The molecule has 0 radical (unpaired) electrons. The van der Waals surface area contributed by atoms with Crippen LogP contribution in [0.5, 0.6) is 5.88 Å². The molecule has 1 aliphatic rings. The maximum Gasteiger partial charge on any atom is 0.254 e. The summed E-state index contributed by atoms with van der Waals surface area (Å²) in [7, 11) is 1.86. The molecule has 3 aromatic rings. The van der Waals surface area contributed by atoms with Gasteiger partial charge in [0, 0.05) is 36.6 Å². The van der Waals surface area contributed by atoms with Crippen LogP contribution >= 0.6 is 0 Å². The Morgan fingerprint density at radius 3 is 2.65 bits per heavy atom. The molecule has 0 aliphatic heterocycles. The van der Waals surface area contributed by atoms with Crippen molar-refractivity contribution in [3.63, 3.8) is 0 Å². The Balaban J connectivity index is 1.33. The highest BCUT2D eigenvalue weighted by molar-refractivity contribution is 5.96. The fourth-order valence-electron chi connectivity index (χ4n) is 3.83. The normalized spacial score (nSPS) is 18.4. The van der Waals surface area contributed by atoms with E-state index in [1.807, 2.05) is 37.5 Å². The standard InChI is InChI=1S/C23H25N5O3/c1-28-14-17(13-26-28)15-4-2-5-16(12-15)22(30)27-18-7-9-19(10-8-18)31-23-20(21(24)29)6-3-11-25-23/h2-6,11-14,18-19H,7-10H2,1H3,(H2,24,29)(H,27,30). The lowest BCUT2D eigenvalue weighted by Crippen LogP contribution is -2.39. The van der Waals surface area contributed by atoms with Crippen molar-refractivity contribution in [3.05, 3.63) is 66.1 Å². The summed E-state index contributed by atoms with van der Waals surface area (Å²) in [6.45, 7) is 0. The van der Waals surface area contributed by atoms with Gasteiger partial charge in [0.25, 0.3) is 11.8 Å². The van der Waals surface area contributed by atoms with Crippen LogP contribution in [0.15, 0.2) is 55.0 Å². The number of ether oxygens (including phenoxy) is 1. The van der Waals surface area contributed by atoms with Gasteiger partial charge in [0.15, 0.2) is 0 Å². The molecule has 1 aliphatic carbocycles. The Kier molecular flexibility index (Phi) is 5.97. The van der Waals surface area contributed by atoms with Gasteiger partial charge in [-0.3, -0.25) is 14.3 Å². The van der Waals surface area contributed by atoms with Crippen molar-refractivity contribution in [2.24, 2.45) is 12.8 Å². The minimum absolute atomic E-state index is 0.0601.